The van der Waals surface area contributed by atoms with Crippen LogP contribution in [-0.4, -0.2) is 42.6 Å². The third kappa shape index (κ3) is 2.26. The van der Waals surface area contributed by atoms with Gasteiger partial charge in [-0.05, 0) is 56.8 Å². The third-order valence-electron chi connectivity index (χ3n) is 5.72. The molecule has 1 heterocycles. The number of hydrogen-bond acceptors (Lipinski definition) is 3. The Morgan fingerprint density at radius 3 is 2.40 bits per heavy atom. The summed E-state index contributed by atoms with van der Waals surface area (Å²) in [6.07, 6.45) is 5.86. The second-order valence-electron chi connectivity index (χ2n) is 7.35. The molecule has 1 aliphatic heterocycles. The molecule has 5 nitrogen and oxygen atoms in total. The van der Waals surface area contributed by atoms with Gasteiger partial charge in [0.15, 0.2) is 0 Å². The Labute approximate surface area is 120 Å². The Kier molecular flexibility index (Phi) is 3.18. The molecule has 0 amide bonds. The highest BCUT2D eigenvalue weighted by molar-refractivity contribution is 7.89. The molecule has 6 heteroatoms. The fourth-order valence-electron chi connectivity index (χ4n) is 4.32. The maximum absolute atomic E-state index is 12.6. The molecule has 1 N–H and O–H groups in total. The lowest BCUT2D eigenvalue weighted by molar-refractivity contribution is -0.146. The van der Waals surface area contributed by atoms with E-state index in [4.69, 9.17) is 0 Å². The lowest BCUT2D eigenvalue weighted by Gasteiger charge is -2.29. The summed E-state index contributed by atoms with van der Waals surface area (Å²) in [4.78, 5) is 11.2. The molecule has 3 rings (SSSR count). The van der Waals surface area contributed by atoms with Gasteiger partial charge in [0.1, 0.15) is 0 Å². The molecule has 0 spiro atoms. The van der Waals surface area contributed by atoms with Crippen molar-refractivity contribution in [3.05, 3.63) is 0 Å². The number of hydrogen-bond donors (Lipinski definition) is 1. The first kappa shape index (κ1) is 14.3. The molecule has 0 aromatic carbocycles. The van der Waals surface area contributed by atoms with E-state index >= 15 is 0 Å². The van der Waals surface area contributed by atoms with E-state index < -0.39 is 21.4 Å². The van der Waals surface area contributed by atoms with E-state index in [1.54, 1.807) is 6.92 Å². The van der Waals surface area contributed by atoms with Crippen molar-refractivity contribution >= 4 is 16.0 Å². The van der Waals surface area contributed by atoms with Gasteiger partial charge in [-0.3, -0.25) is 4.79 Å². The molecule has 2 bridgehead atoms. The standard InChI is InChI=1S/C14H23NO4S/c1-13(12(16)17)6-7-15(9-13)20(18,19)10-14-4-2-11(8-14)3-5-14/h11H,2-10H2,1H3,(H,16,17). The van der Waals surface area contributed by atoms with Crippen molar-refractivity contribution in [1.82, 2.24) is 4.31 Å². The van der Waals surface area contributed by atoms with E-state index in [9.17, 15) is 18.3 Å². The Morgan fingerprint density at radius 1 is 1.30 bits per heavy atom. The van der Waals surface area contributed by atoms with E-state index in [0.29, 0.717) is 13.0 Å². The predicted molar refractivity (Wildman–Crippen MR) is 74.7 cm³/mol. The number of sulfonamides is 1. The van der Waals surface area contributed by atoms with Gasteiger partial charge in [0.2, 0.25) is 10.0 Å². The van der Waals surface area contributed by atoms with Crippen molar-refractivity contribution < 1.29 is 18.3 Å². The van der Waals surface area contributed by atoms with Crippen LogP contribution in [0.25, 0.3) is 0 Å². The van der Waals surface area contributed by atoms with E-state index in [1.807, 2.05) is 0 Å². The molecule has 0 radical (unpaired) electrons. The summed E-state index contributed by atoms with van der Waals surface area (Å²) in [6.45, 7) is 2.12. The summed E-state index contributed by atoms with van der Waals surface area (Å²) in [5.74, 6) is 0.0647. The Hall–Kier alpha value is -0.620. The van der Waals surface area contributed by atoms with Crippen LogP contribution < -0.4 is 0 Å². The first-order chi connectivity index (χ1) is 9.25. The first-order valence-electron chi connectivity index (χ1n) is 7.46. The normalized spacial score (nSPS) is 41.4. The van der Waals surface area contributed by atoms with E-state index in [0.717, 1.165) is 25.2 Å². The van der Waals surface area contributed by atoms with Gasteiger partial charge in [0.05, 0.1) is 11.2 Å². The topological polar surface area (TPSA) is 74.7 Å². The van der Waals surface area contributed by atoms with Crippen molar-refractivity contribution in [2.24, 2.45) is 16.7 Å². The first-order valence-corrected chi connectivity index (χ1v) is 9.07. The van der Waals surface area contributed by atoms with Crippen molar-refractivity contribution in [1.29, 1.82) is 0 Å². The summed E-state index contributed by atoms with van der Waals surface area (Å²) >= 11 is 0. The van der Waals surface area contributed by atoms with Crippen LogP contribution >= 0.6 is 0 Å². The summed E-state index contributed by atoms with van der Waals surface area (Å²) in [7, 11) is -3.32. The van der Waals surface area contributed by atoms with Crippen molar-refractivity contribution in [2.45, 2.75) is 45.4 Å². The van der Waals surface area contributed by atoms with Gasteiger partial charge in [-0.1, -0.05) is 0 Å². The zero-order valence-electron chi connectivity index (χ0n) is 12.0. The van der Waals surface area contributed by atoms with Gasteiger partial charge in [-0.25, -0.2) is 12.7 Å². The summed E-state index contributed by atoms with van der Waals surface area (Å²) < 4.78 is 26.6. The summed E-state index contributed by atoms with van der Waals surface area (Å²) in [5, 5.41) is 9.22. The number of rotatable bonds is 4. The SMILES string of the molecule is CC1(C(=O)O)CCN(S(=O)(=O)CC23CCC(CC2)C3)C1. The van der Waals surface area contributed by atoms with E-state index in [1.165, 1.54) is 17.1 Å². The van der Waals surface area contributed by atoms with Crippen LogP contribution in [-0.2, 0) is 14.8 Å². The molecule has 3 aliphatic rings. The minimum Gasteiger partial charge on any atom is -0.481 e. The molecule has 0 aromatic rings. The molecule has 3 fully saturated rings. The molecule has 1 unspecified atom stereocenters. The quantitative estimate of drug-likeness (QED) is 0.857. The van der Waals surface area contributed by atoms with Crippen LogP contribution in [0.15, 0.2) is 0 Å². The van der Waals surface area contributed by atoms with Gasteiger partial charge in [0.25, 0.3) is 0 Å². The molecular formula is C14H23NO4S. The van der Waals surface area contributed by atoms with Gasteiger partial charge >= 0.3 is 5.97 Å². The van der Waals surface area contributed by atoms with Gasteiger partial charge in [0, 0.05) is 13.1 Å². The zero-order valence-corrected chi connectivity index (χ0v) is 12.8. The molecular weight excluding hydrogens is 278 g/mol. The zero-order chi connectivity index (χ0) is 14.6. The highest BCUT2D eigenvalue weighted by Gasteiger charge is 2.50. The number of fused-ring (bicyclic) bond motifs is 2. The number of carboxylic acids is 1. The Balaban J connectivity index is 1.72. The largest absolute Gasteiger partial charge is 0.481 e. The second kappa shape index (κ2) is 4.44. The molecule has 2 saturated carbocycles. The molecule has 114 valence electrons. The Bertz CT molecular complexity index is 521. The maximum Gasteiger partial charge on any atom is 0.310 e. The minimum absolute atomic E-state index is 0.00822. The van der Waals surface area contributed by atoms with Crippen LogP contribution in [0.5, 0.6) is 0 Å². The second-order valence-corrected chi connectivity index (χ2v) is 9.32. The van der Waals surface area contributed by atoms with Crippen molar-refractivity contribution in [3.63, 3.8) is 0 Å². The Morgan fingerprint density at radius 2 is 1.95 bits per heavy atom. The predicted octanol–water partition coefficient (Wildman–Crippen LogP) is 1.69. The lowest BCUT2D eigenvalue weighted by atomic mass is 9.87. The van der Waals surface area contributed by atoms with Crippen molar-refractivity contribution in [3.8, 4) is 0 Å². The van der Waals surface area contributed by atoms with Crippen LogP contribution in [0.3, 0.4) is 0 Å². The van der Waals surface area contributed by atoms with Crippen LogP contribution in [0, 0.1) is 16.7 Å². The van der Waals surface area contributed by atoms with Gasteiger partial charge in [-0.2, -0.15) is 0 Å². The number of carboxylic acid groups (broad SMARTS) is 1. The number of carbonyl (C=O) groups is 1. The summed E-state index contributed by atoms with van der Waals surface area (Å²) in [5.41, 5.74) is -0.926. The average molecular weight is 301 g/mol. The fourth-order valence-corrected chi connectivity index (χ4v) is 6.54. The highest BCUT2D eigenvalue weighted by Crippen LogP contribution is 2.55. The molecule has 2 aliphatic carbocycles. The van der Waals surface area contributed by atoms with E-state index in [-0.39, 0.29) is 17.7 Å². The number of aliphatic carboxylic acids is 1. The number of nitrogens with zero attached hydrogens (tertiary/aromatic N) is 1. The minimum atomic E-state index is -3.32. The molecule has 1 saturated heterocycles. The average Bonchev–Trinajstić information content (AvgIpc) is 3.02. The van der Waals surface area contributed by atoms with Crippen molar-refractivity contribution in [2.75, 3.05) is 18.8 Å². The highest BCUT2D eigenvalue weighted by atomic mass is 32.2. The van der Waals surface area contributed by atoms with Gasteiger partial charge in [-0.15, -0.1) is 0 Å². The van der Waals surface area contributed by atoms with E-state index in [2.05, 4.69) is 0 Å². The lowest BCUT2D eigenvalue weighted by Crippen LogP contribution is -2.39. The van der Waals surface area contributed by atoms with Gasteiger partial charge < -0.3 is 5.11 Å². The fraction of sp³-hybridized carbons (Fsp3) is 0.929. The van der Waals surface area contributed by atoms with Crippen LogP contribution in [0.1, 0.15) is 45.4 Å². The molecule has 0 aromatic heterocycles. The van der Waals surface area contributed by atoms with Crippen LogP contribution in [0.2, 0.25) is 0 Å². The third-order valence-corrected chi connectivity index (χ3v) is 7.80. The smallest absolute Gasteiger partial charge is 0.310 e. The monoisotopic (exact) mass is 301 g/mol. The maximum atomic E-state index is 12.6. The molecule has 20 heavy (non-hydrogen) atoms. The van der Waals surface area contributed by atoms with Crippen LogP contribution in [0.4, 0.5) is 0 Å². The summed E-state index contributed by atoms with van der Waals surface area (Å²) in [6, 6.07) is 0. The molecule has 1 atom stereocenters.